The van der Waals surface area contributed by atoms with E-state index in [-0.39, 0.29) is 23.8 Å². The number of carbonyl (C=O) groups excluding carboxylic acids is 2. The molecule has 0 spiro atoms. The highest BCUT2D eigenvalue weighted by Crippen LogP contribution is 2.38. The molecule has 4 rings (SSSR count). The molecule has 3 atom stereocenters. The molecule has 1 aromatic rings. The van der Waals surface area contributed by atoms with E-state index in [2.05, 4.69) is 10.6 Å². The zero-order valence-corrected chi connectivity index (χ0v) is 20.4. The van der Waals surface area contributed by atoms with Crippen molar-refractivity contribution < 1.29 is 9.59 Å². The first kappa shape index (κ1) is 24.1. The Morgan fingerprint density at radius 2 is 1.82 bits per heavy atom. The Labute approximate surface area is 202 Å². The van der Waals surface area contributed by atoms with Gasteiger partial charge in [0.1, 0.15) is 5.54 Å². The molecule has 33 heavy (non-hydrogen) atoms. The number of nitrogens with zero attached hydrogens (tertiary/aromatic N) is 1. The van der Waals surface area contributed by atoms with Crippen LogP contribution in [0.25, 0.3) is 0 Å². The lowest BCUT2D eigenvalue weighted by molar-refractivity contribution is -0.131. The Balaban J connectivity index is 1.40. The third-order valence-electron chi connectivity index (χ3n) is 7.97. The number of likely N-dealkylation sites (N-methyl/N-ethyl adjacent to an activating group) is 1. The standard InChI is InChI=1S/C26H37ClN4O2/c1-31-24(33)26(30-25(31)28,15-14-18-6-3-2-4-7-18)17-19-8-5-9-22(16-19)29-23(32)20-10-12-21(27)13-11-20/h10-13,18-19,22H,2-9,14-17H2,1H3,(H2,28,30)(H,29,32)/t19-,22+,26+/m0/s1. The molecule has 3 aliphatic rings. The Bertz CT molecular complexity index is 868. The van der Waals surface area contributed by atoms with Crippen molar-refractivity contribution in [2.45, 2.75) is 88.6 Å². The summed E-state index contributed by atoms with van der Waals surface area (Å²) in [5.41, 5.74) is -0.0519. The van der Waals surface area contributed by atoms with Gasteiger partial charge in [0.15, 0.2) is 5.96 Å². The zero-order chi connectivity index (χ0) is 23.4. The van der Waals surface area contributed by atoms with Crippen LogP contribution in [0.15, 0.2) is 24.3 Å². The van der Waals surface area contributed by atoms with E-state index in [0.717, 1.165) is 44.9 Å². The summed E-state index contributed by atoms with van der Waals surface area (Å²) in [4.78, 5) is 27.5. The van der Waals surface area contributed by atoms with Crippen molar-refractivity contribution in [2.75, 3.05) is 7.05 Å². The van der Waals surface area contributed by atoms with E-state index in [1.807, 2.05) is 0 Å². The Morgan fingerprint density at radius 3 is 2.48 bits per heavy atom. The highest BCUT2D eigenvalue weighted by molar-refractivity contribution is 6.30. The molecule has 180 valence electrons. The molecule has 3 N–H and O–H groups in total. The first-order chi connectivity index (χ1) is 15.9. The molecule has 6 nitrogen and oxygen atoms in total. The van der Waals surface area contributed by atoms with Gasteiger partial charge in [0.25, 0.3) is 11.8 Å². The fraction of sp³-hybridized carbons (Fsp3) is 0.654. The largest absolute Gasteiger partial charge is 0.349 e. The lowest BCUT2D eigenvalue weighted by atomic mass is 9.74. The number of carbonyl (C=O) groups is 2. The van der Waals surface area contributed by atoms with Crippen LogP contribution in [0, 0.1) is 17.2 Å². The molecule has 0 bridgehead atoms. The minimum Gasteiger partial charge on any atom is -0.349 e. The van der Waals surface area contributed by atoms with Gasteiger partial charge in [-0.3, -0.25) is 19.9 Å². The Kier molecular flexibility index (Phi) is 7.62. The molecule has 1 heterocycles. The predicted octanol–water partition coefficient (Wildman–Crippen LogP) is 5.11. The molecule has 1 aliphatic heterocycles. The number of nitrogens with one attached hydrogen (secondary N) is 3. The van der Waals surface area contributed by atoms with Crippen molar-refractivity contribution in [1.29, 1.82) is 5.41 Å². The molecule has 0 radical (unpaired) electrons. The lowest BCUT2D eigenvalue weighted by Crippen LogP contribution is -2.50. The van der Waals surface area contributed by atoms with Crippen molar-refractivity contribution in [3.05, 3.63) is 34.9 Å². The van der Waals surface area contributed by atoms with E-state index in [4.69, 9.17) is 17.0 Å². The van der Waals surface area contributed by atoms with E-state index in [9.17, 15) is 9.59 Å². The number of hydrogen-bond acceptors (Lipinski definition) is 3. The van der Waals surface area contributed by atoms with Gasteiger partial charge < -0.3 is 10.6 Å². The highest BCUT2D eigenvalue weighted by Gasteiger charge is 2.49. The molecule has 2 saturated carbocycles. The second-order valence-electron chi connectivity index (χ2n) is 10.4. The molecule has 1 saturated heterocycles. The molecular weight excluding hydrogens is 436 g/mol. The summed E-state index contributed by atoms with van der Waals surface area (Å²) in [7, 11) is 1.70. The average Bonchev–Trinajstić information content (AvgIpc) is 3.02. The summed E-state index contributed by atoms with van der Waals surface area (Å²) in [6, 6.07) is 7.08. The molecule has 2 amide bonds. The zero-order valence-electron chi connectivity index (χ0n) is 19.7. The predicted molar refractivity (Wildman–Crippen MR) is 131 cm³/mol. The number of halogens is 1. The SMILES string of the molecule is CN1C(=N)N[C@](CCC2CCCCC2)(C[C@H]2CCC[C@@H](NC(=O)c3ccc(Cl)cc3)C2)C1=O. The lowest BCUT2D eigenvalue weighted by Gasteiger charge is -2.36. The molecule has 3 fully saturated rings. The quantitative estimate of drug-likeness (QED) is 0.515. The van der Waals surface area contributed by atoms with Gasteiger partial charge in [-0.05, 0) is 68.2 Å². The Hall–Kier alpha value is -2.08. The maximum Gasteiger partial charge on any atom is 0.254 e. The molecule has 2 aliphatic carbocycles. The van der Waals surface area contributed by atoms with Gasteiger partial charge in [-0.2, -0.15) is 0 Å². The van der Waals surface area contributed by atoms with Crippen LogP contribution in [-0.4, -0.2) is 41.3 Å². The van der Waals surface area contributed by atoms with Crippen molar-refractivity contribution in [2.24, 2.45) is 11.8 Å². The van der Waals surface area contributed by atoms with E-state index >= 15 is 0 Å². The number of amides is 2. The first-order valence-corrected chi connectivity index (χ1v) is 13.0. The van der Waals surface area contributed by atoms with Crippen LogP contribution in [0.3, 0.4) is 0 Å². The van der Waals surface area contributed by atoms with Gasteiger partial charge >= 0.3 is 0 Å². The fourth-order valence-corrected chi connectivity index (χ4v) is 6.22. The summed E-state index contributed by atoms with van der Waals surface area (Å²) in [6.07, 6.45) is 13.0. The van der Waals surface area contributed by atoms with E-state index in [1.54, 1.807) is 31.3 Å². The van der Waals surface area contributed by atoms with Gasteiger partial charge in [-0.25, -0.2) is 0 Å². The summed E-state index contributed by atoms with van der Waals surface area (Å²) >= 11 is 5.95. The summed E-state index contributed by atoms with van der Waals surface area (Å²) in [6.45, 7) is 0. The summed E-state index contributed by atoms with van der Waals surface area (Å²) in [5.74, 6) is 1.23. The second kappa shape index (κ2) is 10.5. The van der Waals surface area contributed by atoms with Gasteiger partial charge in [0.2, 0.25) is 0 Å². The molecular formula is C26H37ClN4O2. The van der Waals surface area contributed by atoms with Crippen molar-refractivity contribution in [1.82, 2.24) is 15.5 Å². The third-order valence-corrected chi connectivity index (χ3v) is 8.22. The summed E-state index contributed by atoms with van der Waals surface area (Å²) in [5, 5.41) is 15.4. The number of hydrogen-bond donors (Lipinski definition) is 3. The van der Waals surface area contributed by atoms with Crippen LogP contribution >= 0.6 is 11.6 Å². The minimum atomic E-state index is -0.671. The molecule has 1 aromatic carbocycles. The average molecular weight is 473 g/mol. The molecule has 0 aromatic heterocycles. The third kappa shape index (κ3) is 5.71. The molecule has 0 unspecified atom stereocenters. The number of guanidine groups is 1. The van der Waals surface area contributed by atoms with E-state index in [0.29, 0.717) is 22.4 Å². The topological polar surface area (TPSA) is 85.3 Å². The van der Waals surface area contributed by atoms with Crippen LogP contribution in [0.5, 0.6) is 0 Å². The van der Waals surface area contributed by atoms with Crippen LogP contribution in [-0.2, 0) is 4.79 Å². The van der Waals surface area contributed by atoms with Crippen LogP contribution in [0.1, 0.15) is 87.4 Å². The summed E-state index contributed by atoms with van der Waals surface area (Å²) < 4.78 is 0. The van der Waals surface area contributed by atoms with Gasteiger partial charge in [0, 0.05) is 23.7 Å². The van der Waals surface area contributed by atoms with Crippen LogP contribution in [0.4, 0.5) is 0 Å². The second-order valence-corrected chi connectivity index (χ2v) is 10.8. The highest BCUT2D eigenvalue weighted by atomic mass is 35.5. The smallest absolute Gasteiger partial charge is 0.254 e. The van der Waals surface area contributed by atoms with Gasteiger partial charge in [-0.15, -0.1) is 0 Å². The van der Waals surface area contributed by atoms with Crippen molar-refractivity contribution in [3.8, 4) is 0 Å². The van der Waals surface area contributed by atoms with Gasteiger partial charge in [-0.1, -0.05) is 56.5 Å². The number of benzene rings is 1. The number of rotatable bonds is 7. The monoisotopic (exact) mass is 472 g/mol. The van der Waals surface area contributed by atoms with Gasteiger partial charge in [0.05, 0.1) is 0 Å². The first-order valence-electron chi connectivity index (χ1n) is 12.6. The van der Waals surface area contributed by atoms with Crippen molar-refractivity contribution in [3.63, 3.8) is 0 Å². The molecule has 7 heteroatoms. The maximum atomic E-state index is 13.3. The van der Waals surface area contributed by atoms with Crippen molar-refractivity contribution >= 4 is 29.4 Å². The fourth-order valence-electron chi connectivity index (χ4n) is 6.09. The normalized spacial score (nSPS) is 28.6. The minimum absolute atomic E-state index is 0.0376. The van der Waals surface area contributed by atoms with Crippen LogP contribution in [0.2, 0.25) is 5.02 Å². The van der Waals surface area contributed by atoms with Crippen LogP contribution < -0.4 is 10.6 Å². The van der Waals surface area contributed by atoms with E-state index in [1.165, 1.54) is 37.0 Å². The van der Waals surface area contributed by atoms with E-state index < -0.39 is 5.54 Å². The maximum absolute atomic E-state index is 13.3. The Morgan fingerprint density at radius 1 is 1.12 bits per heavy atom.